The van der Waals surface area contributed by atoms with Gasteiger partial charge in [-0.05, 0) is 62.9 Å². The maximum Gasteiger partial charge on any atom is 0.243 e. The van der Waals surface area contributed by atoms with Crippen LogP contribution < -0.4 is 4.74 Å². The minimum Gasteiger partial charge on any atom is -0.479 e. The second kappa shape index (κ2) is 7.78. The number of hydrogen-bond donors (Lipinski definition) is 0. The predicted octanol–water partition coefficient (Wildman–Crippen LogP) is 3.67. The molecule has 5 nitrogen and oxygen atoms in total. The van der Waals surface area contributed by atoms with E-state index >= 15 is 0 Å². The second-order valence-corrected chi connectivity index (χ2v) is 11.1. The van der Waals surface area contributed by atoms with Crippen molar-refractivity contribution >= 4 is 21.4 Å². The molecule has 2 aliphatic heterocycles. The highest BCUT2D eigenvalue weighted by atomic mass is 32.2. The van der Waals surface area contributed by atoms with Crippen molar-refractivity contribution in [3.05, 3.63) is 46.3 Å². The number of benzene rings is 1. The van der Waals surface area contributed by atoms with E-state index in [1.54, 1.807) is 33.8 Å². The van der Waals surface area contributed by atoms with E-state index in [1.165, 1.54) is 4.88 Å². The third kappa shape index (κ3) is 3.99. The molecule has 28 heavy (non-hydrogen) atoms. The Balaban J connectivity index is 1.46. The molecular weight excluding hydrogens is 392 g/mol. The summed E-state index contributed by atoms with van der Waals surface area (Å²) in [6.45, 7) is 9.34. The molecule has 7 heteroatoms. The number of ether oxygens (including phenoxy) is 1. The lowest BCUT2D eigenvalue weighted by atomic mass is 10.1. The maximum absolute atomic E-state index is 13.0. The first-order chi connectivity index (χ1) is 13.3. The Morgan fingerprint density at radius 1 is 1.21 bits per heavy atom. The molecule has 0 amide bonds. The molecule has 2 aromatic rings. The average molecular weight is 421 g/mol. The average Bonchev–Trinajstić information content (AvgIpc) is 3.27. The van der Waals surface area contributed by atoms with Crippen LogP contribution in [-0.4, -0.2) is 49.4 Å². The molecule has 1 aromatic heterocycles. The predicted molar refractivity (Wildman–Crippen MR) is 113 cm³/mol. The van der Waals surface area contributed by atoms with Gasteiger partial charge in [0.05, 0.1) is 4.90 Å². The summed E-state index contributed by atoms with van der Waals surface area (Å²) in [5, 5.41) is 0.926. The molecule has 1 fully saturated rings. The zero-order valence-corrected chi connectivity index (χ0v) is 18.4. The molecule has 1 aromatic carbocycles. The van der Waals surface area contributed by atoms with Gasteiger partial charge in [0.15, 0.2) is 5.06 Å². The van der Waals surface area contributed by atoms with Crippen LogP contribution in [0.4, 0.5) is 0 Å². The van der Waals surface area contributed by atoms with Gasteiger partial charge in [-0.15, -0.1) is 11.3 Å². The maximum atomic E-state index is 13.0. The Labute approximate surface area is 172 Å². The van der Waals surface area contributed by atoms with Crippen LogP contribution in [0.1, 0.15) is 36.3 Å². The molecule has 2 aliphatic rings. The molecule has 4 rings (SSSR count). The Morgan fingerprint density at radius 3 is 2.75 bits per heavy atom. The molecule has 0 radical (unpaired) electrons. The third-order valence-corrected chi connectivity index (χ3v) is 8.59. The van der Waals surface area contributed by atoms with Crippen LogP contribution in [0.5, 0.6) is 5.06 Å². The summed E-state index contributed by atoms with van der Waals surface area (Å²) in [6.07, 6.45) is 2.03. The van der Waals surface area contributed by atoms with Crippen molar-refractivity contribution in [3.8, 4) is 5.06 Å². The van der Waals surface area contributed by atoms with E-state index in [-0.39, 0.29) is 6.10 Å². The van der Waals surface area contributed by atoms with Crippen LogP contribution in [0.3, 0.4) is 0 Å². The monoisotopic (exact) mass is 420 g/mol. The third-order valence-electron chi connectivity index (χ3n) is 5.63. The van der Waals surface area contributed by atoms with Crippen molar-refractivity contribution in [2.24, 2.45) is 0 Å². The number of aryl methyl sites for hydroxylation is 1. The van der Waals surface area contributed by atoms with Crippen molar-refractivity contribution < 1.29 is 13.2 Å². The number of sulfonamides is 1. The highest BCUT2D eigenvalue weighted by molar-refractivity contribution is 7.89. The van der Waals surface area contributed by atoms with Crippen molar-refractivity contribution in [1.29, 1.82) is 0 Å². The lowest BCUT2D eigenvalue weighted by Crippen LogP contribution is -2.35. The fourth-order valence-electron chi connectivity index (χ4n) is 3.95. The standard InChI is InChI=1S/C21H28N2O3S2/c1-15(2)22-9-7-18(14-22)26-21-12-17-13-23(10-8-20(17)27-21)28(24,25)19-6-4-5-16(3)11-19/h4-6,11-12,15,18H,7-10,13-14H2,1-3H3. The van der Waals surface area contributed by atoms with Crippen molar-refractivity contribution in [2.45, 2.75) is 57.2 Å². The second-order valence-electron chi connectivity index (χ2n) is 8.04. The molecule has 0 N–H and O–H groups in total. The van der Waals surface area contributed by atoms with E-state index in [2.05, 4.69) is 24.8 Å². The van der Waals surface area contributed by atoms with Crippen molar-refractivity contribution in [3.63, 3.8) is 0 Å². The normalized spacial score (nSPS) is 21.2. The minimum absolute atomic E-state index is 0.231. The molecule has 0 aliphatic carbocycles. The summed E-state index contributed by atoms with van der Waals surface area (Å²) in [5.74, 6) is 0. The fraction of sp³-hybridized carbons (Fsp3) is 0.524. The van der Waals surface area contributed by atoms with Gasteiger partial charge >= 0.3 is 0 Å². The van der Waals surface area contributed by atoms with Gasteiger partial charge in [-0.25, -0.2) is 8.42 Å². The Bertz CT molecular complexity index is 952. The van der Waals surface area contributed by atoms with E-state index in [4.69, 9.17) is 4.74 Å². The van der Waals surface area contributed by atoms with Gasteiger partial charge in [0, 0.05) is 37.1 Å². The number of rotatable bonds is 5. The van der Waals surface area contributed by atoms with Gasteiger partial charge in [0.2, 0.25) is 10.0 Å². The summed E-state index contributed by atoms with van der Waals surface area (Å²) < 4.78 is 33.9. The molecular formula is C21H28N2O3S2. The molecule has 1 saturated heterocycles. The van der Waals surface area contributed by atoms with E-state index < -0.39 is 10.0 Å². The SMILES string of the molecule is Cc1cccc(S(=O)(=O)N2CCc3sc(OC4CCN(C(C)C)C4)cc3C2)c1. The topological polar surface area (TPSA) is 49.9 Å². The van der Waals surface area contributed by atoms with Gasteiger partial charge < -0.3 is 4.74 Å². The van der Waals surface area contributed by atoms with Crippen LogP contribution >= 0.6 is 11.3 Å². The first-order valence-electron chi connectivity index (χ1n) is 9.92. The molecule has 0 bridgehead atoms. The molecule has 1 atom stereocenters. The van der Waals surface area contributed by atoms with Crippen LogP contribution in [-0.2, 0) is 23.0 Å². The van der Waals surface area contributed by atoms with Crippen molar-refractivity contribution in [1.82, 2.24) is 9.21 Å². The van der Waals surface area contributed by atoms with Gasteiger partial charge in [-0.1, -0.05) is 12.1 Å². The quantitative estimate of drug-likeness (QED) is 0.741. The zero-order chi connectivity index (χ0) is 19.9. The van der Waals surface area contributed by atoms with Crippen LogP contribution in [0.2, 0.25) is 0 Å². The number of thiophene rings is 1. The van der Waals surface area contributed by atoms with Gasteiger partial charge in [-0.3, -0.25) is 4.90 Å². The van der Waals surface area contributed by atoms with Crippen molar-refractivity contribution in [2.75, 3.05) is 19.6 Å². The number of nitrogens with zero attached hydrogens (tertiary/aromatic N) is 2. The van der Waals surface area contributed by atoms with E-state index in [0.29, 0.717) is 24.0 Å². The molecule has 0 saturated carbocycles. The number of hydrogen-bond acceptors (Lipinski definition) is 5. The Kier molecular flexibility index (Phi) is 5.53. The first kappa shape index (κ1) is 19.9. The highest BCUT2D eigenvalue weighted by Gasteiger charge is 2.31. The van der Waals surface area contributed by atoms with Crippen LogP contribution in [0, 0.1) is 6.92 Å². The Hall–Kier alpha value is -1.41. The summed E-state index contributed by atoms with van der Waals surface area (Å²) in [7, 11) is -3.47. The largest absolute Gasteiger partial charge is 0.479 e. The van der Waals surface area contributed by atoms with E-state index in [9.17, 15) is 8.42 Å². The summed E-state index contributed by atoms with van der Waals surface area (Å²) in [4.78, 5) is 4.07. The first-order valence-corrected chi connectivity index (χ1v) is 12.2. The number of likely N-dealkylation sites (tertiary alicyclic amines) is 1. The van der Waals surface area contributed by atoms with E-state index in [1.807, 2.05) is 13.0 Å². The fourth-order valence-corrected chi connectivity index (χ4v) is 6.55. The van der Waals surface area contributed by atoms with Gasteiger partial charge in [-0.2, -0.15) is 4.31 Å². The summed E-state index contributed by atoms with van der Waals surface area (Å²) in [5.41, 5.74) is 2.04. The molecule has 3 heterocycles. The van der Waals surface area contributed by atoms with Crippen LogP contribution in [0.25, 0.3) is 0 Å². The van der Waals surface area contributed by atoms with Gasteiger partial charge in [0.25, 0.3) is 0 Å². The summed E-state index contributed by atoms with van der Waals surface area (Å²) >= 11 is 1.68. The Morgan fingerprint density at radius 2 is 2.04 bits per heavy atom. The minimum atomic E-state index is -3.47. The number of fused-ring (bicyclic) bond motifs is 1. The molecule has 0 spiro atoms. The van der Waals surface area contributed by atoms with E-state index in [0.717, 1.165) is 42.1 Å². The molecule has 1 unspecified atom stereocenters. The van der Waals surface area contributed by atoms with Crippen LogP contribution in [0.15, 0.2) is 35.2 Å². The summed E-state index contributed by atoms with van der Waals surface area (Å²) in [6, 6.07) is 9.74. The zero-order valence-electron chi connectivity index (χ0n) is 16.7. The lowest BCUT2D eigenvalue weighted by molar-refractivity contribution is 0.192. The molecule has 152 valence electrons. The van der Waals surface area contributed by atoms with Gasteiger partial charge in [0.1, 0.15) is 6.10 Å². The lowest BCUT2D eigenvalue weighted by Gasteiger charge is -2.26. The smallest absolute Gasteiger partial charge is 0.243 e. The highest BCUT2D eigenvalue weighted by Crippen LogP contribution is 2.36.